The first kappa shape index (κ1) is 10.8. The molecule has 0 aliphatic carbocycles. The number of hydrogen-bond acceptors (Lipinski definition) is 2. The molecular formula is C12H18N2. The van der Waals surface area contributed by atoms with Gasteiger partial charge in [0.15, 0.2) is 0 Å². The zero-order valence-corrected chi connectivity index (χ0v) is 9.17. The number of rotatable bonds is 1. The van der Waals surface area contributed by atoms with E-state index in [1.807, 2.05) is 13.8 Å². The number of aliphatic imine (C=N–C) groups is 1. The molecule has 0 unspecified atom stereocenters. The molecule has 0 saturated heterocycles. The maximum atomic E-state index is 4.35. The first-order chi connectivity index (χ1) is 6.86. The van der Waals surface area contributed by atoms with Crippen LogP contribution in [0.3, 0.4) is 0 Å². The molecule has 0 radical (unpaired) electrons. The van der Waals surface area contributed by atoms with Gasteiger partial charge in [-0.2, -0.15) is 0 Å². The summed E-state index contributed by atoms with van der Waals surface area (Å²) in [7, 11) is 0. The molecule has 0 atom stereocenters. The van der Waals surface area contributed by atoms with Crippen molar-refractivity contribution in [3.05, 3.63) is 35.4 Å². The van der Waals surface area contributed by atoms with Crippen LogP contribution >= 0.6 is 0 Å². The topological polar surface area (TPSA) is 24.4 Å². The van der Waals surface area contributed by atoms with Gasteiger partial charge in [-0.3, -0.25) is 4.99 Å². The molecule has 0 bridgehead atoms. The highest BCUT2D eigenvalue weighted by molar-refractivity contribution is 5.99. The maximum Gasteiger partial charge on any atom is 0.128 e. The molecule has 2 rings (SSSR count). The summed E-state index contributed by atoms with van der Waals surface area (Å²) in [5.41, 5.74) is 2.48. The molecule has 1 aromatic carbocycles. The third-order valence-corrected chi connectivity index (χ3v) is 1.97. The molecule has 0 saturated carbocycles. The molecule has 1 N–H and O–H groups in total. The van der Waals surface area contributed by atoms with Gasteiger partial charge in [0, 0.05) is 12.1 Å². The molecule has 14 heavy (non-hydrogen) atoms. The maximum absolute atomic E-state index is 4.35. The molecule has 76 valence electrons. The highest BCUT2D eigenvalue weighted by Crippen LogP contribution is 2.05. The van der Waals surface area contributed by atoms with Crippen molar-refractivity contribution < 1.29 is 0 Å². The third-order valence-electron chi connectivity index (χ3n) is 1.97. The van der Waals surface area contributed by atoms with Gasteiger partial charge in [0.1, 0.15) is 5.84 Å². The Morgan fingerprint density at radius 3 is 2.64 bits per heavy atom. The Labute approximate surface area is 86.1 Å². The van der Waals surface area contributed by atoms with Gasteiger partial charge in [0.2, 0.25) is 0 Å². The van der Waals surface area contributed by atoms with Gasteiger partial charge in [0.25, 0.3) is 0 Å². The minimum absolute atomic E-state index is 0.906. The summed E-state index contributed by atoms with van der Waals surface area (Å²) in [5, 5.41) is 3.25. The highest BCUT2D eigenvalue weighted by atomic mass is 15.1. The van der Waals surface area contributed by atoms with Gasteiger partial charge < -0.3 is 5.32 Å². The Hall–Kier alpha value is -1.31. The summed E-state index contributed by atoms with van der Waals surface area (Å²) in [5.74, 6) is 1.04. The van der Waals surface area contributed by atoms with Crippen molar-refractivity contribution in [2.24, 2.45) is 4.99 Å². The molecule has 2 nitrogen and oxygen atoms in total. The molecule has 0 amide bonds. The van der Waals surface area contributed by atoms with Crippen molar-refractivity contribution in [1.29, 1.82) is 0 Å². The minimum atomic E-state index is 0.906. The van der Waals surface area contributed by atoms with Crippen molar-refractivity contribution in [1.82, 2.24) is 5.32 Å². The normalized spacial score (nSPS) is 13.8. The summed E-state index contributed by atoms with van der Waals surface area (Å²) in [6.07, 6.45) is 0. The van der Waals surface area contributed by atoms with E-state index in [1.165, 1.54) is 11.1 Å². The Morgan fingerprint density at radius 2 is 2.07 bits per heavy atom. The van der Waals surface area contributed by atoms with Gasteiger partial charge in [0.05, 0.1) is 6.54 Å². The molecular weight excluding hydrogens is 172 g/mol. The molecule has 2 heteroatoms. The zero-order chi connectivity index (χ0) is 10.4. The summed E-state index contributed by atoms with van der Waals surface area (Å²) in [6, 6.07) is 8.40. The first-order valence-electron chi connectivity index (χ1n) is 5.21. The zero-order valence-electron chi connectivity index (χ0n) is 9.17. The second-order valence-electron chi connectivity index (χ2n) is 3.03. The van der Waals surface area contributed by atoms with Crippen LogP contribution in [0.2, 0.25) is 0 Å². The Balaban J connectivity index is 0.000000461. The fourth-order valence-electron chi connectivity index (χ4n) is 1.38. The van der Waals surface area contributed by atoms with E-state index < -0.39 is 0 Å². The Bertz CT molecular complexity index is 316. The molecule has 1 aliphatic heterocycles. The number of nitrogens with one attached hydrogen (secondary N) is 1. The van der Waals surface area contributed by atoms with E-state index in [4.69, 9.17) is 0 Å². The van der Waals surface area contributed by atoms with Crippen molar-refractivity contribution >= 4 is 5.84 Å². The van der Waals surface area contributed by atoms with Gasteiger partial charge in [-0.1, -0.05) is 37.6 Å². The molecule has 0 spiro atoms. The quantitative estimate of drug-likeness (QED) is 0.722. The van der Waals surface area contributed by atoms with Crippen LogP contribution in [0, 0.1) is 6.92 Å². The highest BCUT2D eigenvalue weighted by Gasteiger charge is 2.06. The van der Waals surface area contributed by atoms with Gasteiger partial charge >= 0.3 is 0 Å². The van der Waals surface area contributed by atoms with Gasteiger partial charge in [-0.05, 0) is 13.0 Å². The summed E-state index contributed by atoms with van der Waals surface area (Å²) in [4.78, 5) is 4.35. The van der Waals surface area contributed by atoms with Crippen LogP contribution in [0.1, 0.15) is 25.0 Å². The predicted octanol–water partition coefficient (Wildman–Crippen LogP) is 2.37. The minimum Gasteiger partial charge on any atom is -0.368 e. The van der Waals surface area contributed by atoms with Crippen molar-refractivity contribution in [3.63, 3.8) is 0 Å². The lowest BCUT2D eigenvalue weighted by atomic mass is 10.1. The van der Waals surface area contributed by atoms with Crippen LogP contribution in [0.4, 0.5) is 0 Å². The molecule has 1 heterocycles. The van der Waals surface area contributed by atoms with Gasteiger partial charge in [-0.15, -0.1) is 0 Å². The van der Waals surface area contributed by atoms with Crippen LogP contribution in [0.5, 0.6) is 0 Å². The fraction of sp³-hybridized carbons (Fsp3) is 0.417. The lowest BCUT2D eigenvalue weighted by Gasteiger charge is -2.02. The van der Waals surface area contributed by atoms with E-state index in [0.717, 1.165) is 18.9 Å². The van der Waals surface area contributed by atoms with E-state index in [9.17, 15) is 0 Å². The van der Waals surface area contributed by atoms with Crippen LogP contribution in [0.15, 0.2) is 29.3 Å². The average molecular weight is 190 g/mol. The van der Waals surface area contributed by atoms with E-state index in [0.29, 0.717) is 0 Å². The lowest BCUT2D eigenvalue weighted by Crippen LogP contribution is -2.19. The average Bonchev–Trinajstić information content (AvgIpc) is 2.74. The van der Waals surface area contributed by atoms with Crippen LogP contribution in [-0.4, -0.2) is 18.9 Å². The first-order valence-corrected chi connectivity index (χ1v) is 5.21. The van der Waals surface area contributed by atoms with Crippen molar-refractivity contribution in [2.75, 3.05) is 13.1 Å². The molecule has 0 aromatic heterocycles. The molecule has 1 aromatic rings. The predicted molar refractivity (Wildman–Crippen MR) is 61.9 cm³/mol. The van der Waals surface area contributed by atoms with Crippen molar-refractivity contribution in [2.45, 2.75) is 20.8 Å². The standard InChI is InChI=1S/C10H12N2.C2H6/c1-8-3-2-4-9(7-8)10-11-5-6-12-10;1-2/h2-4,7H,5-6H2,1H3,(H,11,12);1-2H3. The van der Waals surface area contributed by atoms with E-state index in [1.54, 1.807) is 0 Å². The smallest absolute Gasteiger partial charge is 0.128 e. The third kappa shape index (κ3) is 2.59. The molecule has 1 aliphatic rings. The van der Waals surface area contributed by atoms with Crippen LogP contribution in [0.25, 0.3) is 0 Å². The Morgan fingerprint density at radius 1 is 1.29 bits per heavy atom. The number of hydrogen-bond donors (Lipinski definition) is 1. The van der Waals surface area contributed by atoms with E-state index in [2.05, 4.69) is 41.5 Å². The van der Waals surface area contributed by atoms with Crippen LogP contribution < -0.4 is 5.32 Å². The largest absolute Gasteiger partial charge is 0.368 e. The van der Waals surface area contributed by atoms with Gasteiger partial charge in [-0.25, -0.2) is 0 Å². The second kappa shape index (κ2) is 5.43. The van der Waals surface area contributed by atoms with E-state index >= 15 is 0 Å². The Kier molecular flexibility index (Phi) is 4.17. The number of amidine groups is 1. The number of nitrogens with zero attached hydrogens (tertiary/aromatic N) is 1. The summed E-state index contributed by atoms with van der Waals surface area (Å²) >= 11 is 0. The van der Waals surface area contributed by atoms with E-state index in [-0.39, 0.29) is 0 Å². The SMILES string of the molecule is CC.Cc1cccc(C2=NCCN2)c1. The monoisotopic (exact) mass is 190 g/mol. The number of aryl methyl sites for hydroxylation is 1. The van der Waals surface area contributed by atoms with Crippen LogP contribution in [-0.2, 0) is 0 Å². The molecule has 0 fully saturated rings. The summed E-state index contributed by atoms with van der Waals surface area (Å²) < 4.78 is 0. The fourth-order valence-corrected chi connectivity index (χ4v) is 1.38. The second-order valence-corrected chi connectivity index (χ2v) is 3.03. The summed E-state index contributed by atoms with van der Waals surface area (Å²) in [6.45, 7) is 7.98. The number of benzene rings is 1. The lowest BCUT2D eigenvalue weighted by molar-refractivity contribution is 0.960. The van der Waals surface area contributed by atoms with Crippen molar-refractivity contribution in [3.8, 4) is 0 Å².